The molecule has 0 saturated carbocycles. The molecule has 2 aliphatic rings. The van der Waals surface area contributed by atoms with Crippen LogP contribution in [0.15, 0.2) is 42.5 Å². The number of nitrogens with zero attached hydrogens (tertiary/aromatic N) is 3. The van der Waals surface area contributed by atoms with Crippen molar-refractivity contribution in [2.75, 3.05) is 45.3 Å². The zero-order chi connectivity index (χ0) is 25.1. The van der Waals surface area contributed by atoms with Gasteiger partial charge in [0.2, 0.25) is 5.91 Å². The standard InChI is InChI=1S/C25H27N3O7/c1-34-16-7-9-21(35-2)20(15-16)26-11-13-27(14-12-26)22(29)10-8-19(25(32)33)28-23(30)17-5-3-4-6-18(17)24(28)31/h3-7,9,15,19H,8,10-14H2,1-2H3,(H,32,33)/t19-/m0/s1. The number of piperazine rings is 1. The fourth-order valence-electron chi connectivity index (χ4n) is 4.51. The Kier molecular flexibility index (Phi) is 6.90. The summed E-state index contributed by atoms with van der Waals surface area (Å²) >= 11 is 0. The Bertz CT molecular complexity index is 1120. The average Bonchev–Trinajstić information content (AvgIpc) is 3.13. The fraction of sp³-hybridized carbons (Fsp3) is 0.360. The summed E-state index contributed by atoms with van der Waals surface area (Å²) in [5, 5.41) is 9.72. The van der Waals surface area contributed by atoms with E-state index in [0.29, 0.717) is 37.7 Å². The molecule has 0 unspecified atom stereocenters. The second kappa shape index (κ2) is 10.0. The van der Waals surface area contributed by atoms with Crippen molar-refractivity contribution in [3.05, 3.63) is 53.6 Å². The maximum atomic E-state index is 12.9. The van der Waals surface area contributed by atoms with Gasteiger partial charge in [-0.2, -0.15) is 0 Å². The quantitative estimate of drug-likeness (QED) is 0.568. The molecule has 1 saturated heterocycles. The Morgan fingerprint density at radius 2 is 1.57 bits per heavy atom. The first-order valence-electron chi connectivity index (χ1n) is 11.3. The normalized spacial score (nSPS) is 16.2. The van der Waals surface area contributed by atoms with Crippen molar-refractivity contribution in [1.82, 2.24) is 9.80 Å². The van der Waals surface area contributed by atoms with E-state index >= 15 is 0 Å². The molecule has 1 atom stereocenters. The monoisotopic (exact) mass is 481 g/mol. The number of imide groups is 1. The first kappa shape index (κ1) is 24.1. The molecule has 2 heterocycles. The van der Waals surface area contributed by atoms with Crippen molar-refractivity contribution in [3.8, 4) is 11.5 Å². The van der Waals surface area contributed by atoms with Crippen LogP contribution in [0.2, 0.25) is 0 Å². The summed E-state index contributed by atoms with van der Waals surface area (Å²) in [7, 11) is 3.19. The number of methoxy groups -OCH3 is 2. The smallest absolute Gasteiger partial charge is 0.326 e. The molecule has 184 valence electrons. The highest BCUT2D eigenvalue weighted by molar-refractivity contribution is 6.22. The number of benzene rings is 2. The summed E-state index contributed by atoms with van der Waals surface area (Å²) in [6.07, 6.45) is -0.240. The highest BCUT2D eigenvalue weighted by Gasteiger charge is 2.42. The van der Waals surface area contributed by atoms with E-state index in [2.05, 4.69) is 4.90 Å². The van der Waals surface area contributed by atoms with Crippen LogP contribution in [0.1, 0.15) is 33.6 Å². The number of carbonyl (C=O) groups excluding carboxylic acids is 3. The van der Waals surface area contributed by atoms with Gasteiger partial charge in [0.25, 0.3) is 11.8 Å². The Morgan fingerprint density at radius 1 is 0.943 bits per heavy atom. The molecule has 35 heavy (non-hydrogen) atoms. The van der Waals surface area contributed by atoms with E-state index in [1.165, 1.54) is 12.1 Å². The third-order valence-corrected chi connectivity index (χ3v) is 6.41. The number of carbonyl (C=O) groups is 4. The molecule has 1 N–H and O–H groups in total. The van der Waals surface area contributed by atoms with Crippen LogP contribution >= 0.6 is 0 Å². The molecule has 0 aliphatic carbocycles. The summed E-state index contributed by atoms with van der Waals surface area (Å²) in [6.45, 7) is 2.03. The number of amides is 3. The minimum Gasteiger partial charge on any atom is -0.497 e. The van der Waals surface area contributed by atoms with Gasteiger partial charge >= 0.3 is 5.97 Å². The van der Waals surface area contributed by atoms with Crippen LogP contribution < -0.4 is 14.4 Å². The van der Waals surface area contributed by atoms with Gasteiger partial charge in [0.1, 0.15) is 17.5 Å². The maximum Gasteiger partial charge on any atom is 0.326 e. The van der Waals surface area contributed by atoms with E-state index in [1.54, 1.807) is 31.3 Å². The zero-order valence-corrected chi connectivity index (χ0v) is 19.6. The fourth-order valence-corrected chi connectivity index (χ4v) is 4.51. The Labute approximate surface area is 202 Å². The Hall–Kier alpha value is -4.08. The molecule has 1 fully saturated rings. The van der Waals surface area contributed by atoms with Crippen molar-refractivity contribution in [2.24, 2.45) is 0 Å². The highest BCUT2D eigenvalue weighted by atomic mass is 16.5. The molecule has 4 rings (SSSR count). The van der Waals surface area contributed by atoms with Crippen LogP contribution in [0.25, 0.3) is 0 Å². The van der Waals surface area contributed by atoms with Crippen LogP contribution in [0, 0.1) is 0 Å². The van der Waals surface area contributed by atoms with E-state index in [0.717, 1.165) is 10.6 Å². The van der Waals surface area contributed by atoms with Crippen molar-refractivity contribution in [3.63, 3.8) is 0 Å². The van der Waals surface area contributed by atoms with Gasteiger partial charge in [0.15, 0.2) is 0 Å². The molecule has 0 aromatic heterocycles. The highest BCUT2D eigenvalue weighted by Crippen LogP contribution is 2.33. The van der Waals surface area contributed by atoms with E-state index in [1.807, 2.05) is 18.2 Å². The number of carboxylic acids is 1. The lowest BCUT2D eigenvalue weighted by atomic mass is 10.1. The summed E-state index contributed by atoms with van der Waals surface area (Å²) in [5.74, 6) is -1.42. The van der Waals surface area contributed by atoms with Crippen LogP contribution in [-0.2, 0) is 9.59 Å². The predicted octanol–water partition coefficient (Wildman–Crippen LogP) is 1.88. The second-order valence-corrected chi connectivity index (χ2v) is 8.32. The minimum absolute atomic E-state index is 0.0904. The van der Waals surface area contributed by atoms with Gasteiger partial charge in [-0.05, 0) is 30.7 Å². The van der Waals surface area contributed by atoms with Gasteiger partial charge in [-0.3, -0.25) is 19.3 Å². The molecule has 10 heteroatoms. The number of hydrogen-bond acceptors (Lipinski definition) is 7. The number of aliphatic carboxylic acids is 1. The molecule has 3 amide bonds. The molecule has 2 aliphatic heterocycles. The Balaban J connectivity index is 1.37. The lowest BCUT2D eigenvalue weighted by Gasteiger charge is -2.37. The van der Waals surface area contributed by atoms with Crippen molar-refractivity contribution in [1.29, 1.82) is 0 Å². The minimum atomic E-state index is -1.41. The second-order valence-electron chi connectivity index (χ2n) is 8.32. The van der Waals surface area contributed by atoms with Crippen molar-refractivity contribution >= 4 is 29.4 Å². The first-order chi connectivity index (χ1) is 16.8. The predicted molar refractivity (Wildman–Crippen MR) is 126 cm³/mol. The van der Waals surface area contributed by atoms with Gasteiger partial charge < -0.3 is 24.4 Å². The third-order valence-electron chi connectivity index (χ3n) is 6.41. The topological polar surface area (TPSA) is 117 Å². The molecule has 2 aromatic rings. The maximum absolute atomic E-state index is 12.9. The summed E-state index contributed by atoms with van der Waals surface area (Å²) in [6, 6.07) is 10.4. The third kappa shape index (κ3) is 4.64. The van der Waals surface area contributed by atoms with Crippen LogP contribution in [-0.4, -0.2) is 85.0 Å². The number of rotatable bonds is 8. The van der Waals surface area contributed by atoms with Gasteiger partial charge in [-0.15, -0.1) is 0 Å². The molecule has 0 bridgehead atoms. The van der Waals surface area contributed by atoms with Crippen molar-refractivity contribution < 1.29 is 33.8 Å². The van der Waals surface area contributed by atoms with Crippen LogP contribution in [0.4, 0.5) is 5.69 Å². The number of fused-ring (bicyclic) bond motifs is 1. The van der Waals surface area contributed by atoms with E-state index < -0.39 is 23.8 Å². The first-order valence-corrected chi connectivity index (χ1v) is 11.3. The summed E-state index contributed by atoms with van der Waals surface area (Å²) in [4.78, 5) is 54.7. The largest absolute Gasteiger partial charge is 0.497 e. The number of ether oxygens (including phenoxy) is 2. The lowest BCUT2D eigenvalue weighted by molar-refractivity contribution is -0.142. The van der Waals surface area contributed by atoms with Gasteiger partial charge in [-0.25, -0.2) is 4.79 Å². The number of anilines is 1. The van der Waals surface area contributed by atoms with E-state index in [9.17, 15) is 24.3 Å². The zero-order valence-electron chi connectivity index (χ0n) is 19.6. The van der Waals surface area contributed by atoms with Crippen molar-refractivity contribution in [2.45, 2.75) is 18.9 Å². The Morgan fingerprint density at radius 3 is 2.11 bits per heavy atom. The van der Waals surface area contributed by atoms with Gasteiger partial charge in [0, 0.05) is 38.7 Å². The SMILES string of the molecule is COc1ccc(OC)c(N2CCN(C(=O)CC[C@@H](C(=O)O)N3C(=O)c4ccccc4C3=O)CC2)c1. The average molecular weight is 482 g/mol. The molecule has 0 spiro atoms. The number of hydrogen-bond donors (Lipinski definition) is 1. The van der Waals surface area contributed by atoms with E-state index in [4.69, 9.17) is 9.47 Å². The van der Waals surface area contributed by atoms with E-state index in [-0.39, 0.29) is 29.9 Å². The van der Waals surface area contributed by atoms with Crippen LogP contribution in [0.5, 0.6) is 11.5 Å². The van der Waals surface area contributed by atoms with Gasteiger partial charge in [0.05, 0.1) is 31.0 Å². The number of carboxylic acid groups (broad SMARTS) is 1. The molecule has 10 nitrogen and oxygen atoms in total. The summed E-state index contributed by atoms with van der Waals surface area (Å²) < 4.78 is 10.8. The van der Waals surface area contributed by atoms with Crippen LogP contribution in [0.3, 0.4) is 0 Å². The molecular weight excluding hydrogens is 454 g/mol. The molecular formula is C25H27N3O7. The molecule has 2 aromatic carbocycles. The lowest BCUT2D eigenvalue weighted by Crippen LogP contribution is -2.50. The summed E-state index contributed by atoms with van der Waals surface area (Å²) in [5.41, 5.74) is 1.23. The van der Waals surface area contributed by atoms with Gasteiger partial charge in [-0.1, -0.05) is 12.1 Å². The molecule has 0 radical (unpaired) electrons.